The molecule has 1 heterocycles. The second-order valence-electron chi connectivity index (χ2n) is 5.74. The molecule has 2 N–H and O–H groups in total. The lowest BCUT2D eigenvalue weighted by atomic mass is 10.1. The van der Waals surface area contributed by atoms with E-state index in [1.165, 1.54) is 11.1 Å². The maximum Gasteiger partial charge on any atom is 0.191 e. The summed E-state index contributed by atoms with van der Waals surface area (Å²) in [4.78, 5) is 8.61. The molecule has 0 aliphatic carbocycles. The van der Waals surface area contributed by atoms with Crippen LogP contribution in [0.15, 0.2) is 53.7 Å². The SMILES string of the molecule is CCCOCc1ccccc1CNC(=NC)NCCc1ccccn1. The number of pyridine rings is 1. The molecule has 0 aliphatic heterocycles. The number of aromatic nitrogens is 1. The molecule has 2 aromatic rings. The van der Waals surface area contributed by atoms with Crippen LogP contribution in [0.3, 0.4) is 0 Å². The lowest BCUT2D eigenvalue weighted by Gasteiger charge is -2.14. The molecule has 0 aliphatic rings. The van der Waals surface area contributed by atoms with Crippen molar-refractivity contribution in [2.45, 2.75) is 32.9 Å². The zero-order chi connectivity index (χ0) is 17.7. The zero-order valence-electron chi connectivity index (χ0n) is 15.2. The van der Waals surface area contributed by atoms with Gasteiger partial charge in [0.05, 0.1) is 6.61 Å². The van der Waals surface area contributed by atoms with Gasteiger partial charge in [0.2, 0.25) is 0 Å². The highest BCUT2D eigenvalue weighted by Crippen LogP contribution is 2.10. The molecule has 0 saturated carbocycles. The van der Waals surface area contributed by atoms with Crippen LogP contribution < -0.4 is 10.6 Å². The summed E-state index contributed by atoms with van der Waals surface area (Å²) in [6.45, 7) is 5.07. The van der Waals surface area contributed by atoms with Crippen LogP contribution in [0.1, 0.15) is 30.2 Å². The summed E-state index contributed by atoms with van der Waals surface area (Å²) in [7, 11) is 1.78. The van der Waals surface area contributed by atoms with Crippen molar-refractivity contribution in [2.24, 2.45) is 4.99 Å². The number of rotatable bonds is 9. The van der Waals surface area contributed by atoms with Crippen LogP contribution in [0.4, 0.5) is 0 Å². The second-order valence-corrected chi connectivity index (χ2v) is 5.74. The van der Waals surface area contributed by atoms with E-state index in [9.17, 15) is 0 Å². The summed E-state index contributed by atoms with van der Waals surface area (Å²) in [5.74, 6) is 0.792. The molecule has 5 heteroatoms. The van der Waals surface area contributed by atoms with Crippen molar-refractivity contribution < 1.29 is 4.74 Å². The minimum atomic E-state index is 0.650. The Balaban J connectivity index is 1.80. The third kappa shape index (κ3) is 6.93. The molecule has 0 spiro atoms. The van der Waals surface area contributed by atoms with Crippen molar-refractivity contribution >= 4 is 5.96 Å². The normalized spacial score (nSPS) is 11.4. The highest BCUT2D eigenvalue weighted by molar-refractivity contribution is 5.79. The standard InChI is InChI=1S/C20H28N4O/c1-3-14-25-16-18-9-5-4-8-17(18)15-24-20(21-2)23-13-11-19-10-6-7-12-22-19/h4-10,12H,3,11,13-16H2,1-2H3,(H2,21,23,24). The first-order chi connectivity index (χ1) is 12.3. The van der Waals surface area contributed by atoms with E-state index in [1.807, 2.05) is 30.5 Å². The average Bonchev–Trinajstić information content (AvgIpc) is 2.66. The number of benzene rings is 1. The molecule has 1 aromatic carbocycles. The van der Waals surface area contributed by atoms with E-state index in [-0.39, 0.29) is 0 Å². The maximum absolute atomic E-state index is 5.68. The monoisotopic (exact) mass is 340 g/mol. The summed E-state index contributed by atoms with van der Waals surface area (Å²) < 4.78 is 5.68. The first kappa shape index (κ1) is 18.9. The molecule has 0 saturated heterocycles. The predicted octanol–water partition coefficient (Wildman–Crippen LogP) is 2.92. The van der Waals surface area contributed by atoms with Crippen molar-refractivity contribution in [2.75, 3.05) is 20.2 Å². The van der Waals surface area contributed by atoms with E-state index < -0.39 is 0 Å². The van der Waals surface area contributed by atoms with E-state index in [1.54, 1.807) is 7.05 Å². The molecule has 0 unspecified atom stereocenters. The van der Waals surface area contributed by atoms with Crippen LogP contribution in [-0.4, -0.2) is 31.1 Å². The third-order valence-corrected chi connectivity index (χ3v) is 3.79. The lowest BCUT2D eigenvalue weighted by Crippen LogP contribution is -2.38. The summed E-state index contributed by atoms with van der Waals surface area (Å²) in [6, 6.07) is 14.3. The first-order valence-electron chi connectivity index (χ1n) is 8.82. The van der Waals surface area contributed by atoms with Gasteiger partial charge in [-0.25, -0.2) is 0 Å². The minimum absolute atomic E-state index is 0.650. The van der Waals surface area contributed by atoms with Crippen molar-refractivity contribution in [3.05, 3.63) is 65.5 Å². The van der Waals surface area contributed by atoms with Crippen molar-refractivity contribution in [3.8, 4) is 0 Å². The number of hydrogen-bond donors (Lipinski definition) is 2. The van der Waals surface area contributed by atoms with Gasteiger partial charge in [0, 0.05) is 45.1 Å². The number of guanidine groups is 1. The Kier molecular flexibility index (Phi) is 8.49. The van der Waals surface area contributed by atoms with Gasteiger partial charge in [0.25, 0.3) is 0 Å². The number of nitrogens with zero attached hydrogens (tertiary/aromatic N) is 2. The van der Waals surface area contributed by atoms with Crippen LogP contribution in [0.25, 0.3) is 0 Å². The molecular formula is C20H28N4O. The zero-order valence-corrected chi connectivity index (χ0v) is 15.2. The van der Waals surface area contributed by atoms with Crippen LogP contribution >= 0.6 is 0 Å². The molecule has 25 heavy (non-hydrogen) atoms. The van der Waals surface area contributed by atoms with Crippen molar-refractivity contribution in [1.29, 1.82) is 0 Å². The number of hydrogen-bond acceptors (Lipinski definition) is 3. The van der Waals surface area contributed by atoms with Crippen molar-refractivity contribution in [1.82, 2.24) is 15.6 Å². The number of ether oxygens (including phenoxy) is 1. The summed E-state index contributed by atoms with van der Waals surface area (Å²) >= 11 is 0. The largest absolute Gasteiger partial charge is 0.377 e. The van der Waals surface area contributed by atoms with E-state index in [2.05, 4.69) is 45.7 Å². The van der Waals surface area contributed by atoms with Gasteiger partial charge in [-0.3, -0.25) is 9.98 Å². The predicted molar refractivity (Wildman–Crippen MR) is 103 cm³/mol. The molecule has 0 amide bonds. The van der Waals surface area contributed by atoms with Gasteiger partial charge in [-0.15, -0.1) is 0 Å². The van der Waals surface area contributed by atoms with Crippen LogP contribution in [-0.2, 0) is 24.3 Å². The average molecular weight is 340 g/mol. The molecule has 0 radical (unpaired) electrons. The molecule has 0 fully saturated rings. The molecule has 0 atom stereocenters. The van der Waals surface area contributed by atoms with E-state index in [0.29, 0.717) is 6.61 Å². The van der Waals surface area contributed by atoms with Crippen LogP contribution in [0.2, 0.25) is 0 Å². The lowest BCUT2D eigenvalue weighted by molar-refractivity contribution is 0.121. The van der Waals surface area contributed by atoms with E-state index in [4.69, 9.17) is 4.74 Å². The van der Waals surface area contributed by atoms with Gasteiger partial charge in [0.1, 0.15) is 0 Å². The highest BCUT2D eigenvalue weighted by atomic mass is 16.5. The molecule has 0 bridgehead atoms. The van der Waals surface area contributed by atoms with Gasteiger partial charge < -0.3 is 15.4 Å². The molecule has 5 nitrogen and oxygen atoms in total. The molecular weight excluding hydrogens is 312 g/mol. The smallest absolute Gasteiger partial charge is 0.191 e. The summed E-state index contributed by atoms with van der Waals surface area (Å²) in [5, 5.41) is 6.69. The van der Waals surface area contributed by atoms with Crippen molar-refractivity contribution in [3.63, 3.8) is 0 Å². The topological polar surface area (TPSA) is 58.5 Å². The highest BCUT2D eigenvalue weighted by Gasteiger charge is 2.04. The Bertz CT molecular complexity index is 643. The molecule has 2 rings (SSSR count). The number of aliphatic imine (C=N–C) groups is 1. The van der Waals surface area contributed by atoms with Gasteiger partial charge in [-0.2, -0.15) is 0 Å². The minimum Gasteiger partial charge on any atom is -0.377 e. The first-order valence-corrected chi connectivity index (χ1v) is 8.82. The fourth-order valence-corrected chi connectivity index (χ4v) is 2.45. The van der Waals surface area contributed by atoms with Gasteiger partial charge in [-0.1, -0.05) is 37.3 Å². The second kappa shape index (κ2) is 11.2. The Morgan fingerprint density at radius 1 is 1.08 bits per heavy atom. The van der Waals surface area contributed by atoms with Crippen LogP contribution in [0.5, 0.6) is 0 Å². The summed E-state index contributed by atoms with van der Waals surface area (Å²) in [6.07, 6.45) is 3.72. The Hall–Kier alpha value is -2.40. The fourth-order valence-electron chi connectivity index (χ4n) is 2.45. The quantitative estimate of drug-likeness (QED) is 0.419. The Morgan fingerprint density at radius 2 is 1.88 bits per heavy atom. The third-order valence-electron chi connectivity index (χ3n) is 3.79. The molecule has 1 aromatic heterocycles. The Morgan fingerprint density at radius 3 is 2.60 bits per heavy atom. The molecule has 134 valence electrons. The van der Waals surface area contributed by atoms with Gasteiger partial charge in [-0.05, 0) is 29.7 Å². The van der Waals surface area contributed by atoms with E-state index in [0.717, 1.165) is 44.2 Å². The van der Waals surface area contributed by atoms with Gasteiger partial charge in [0.15, 0.2) is 5.96 Å². The van der Waals surface area contributed by atoms with Gasteiger partial charge >= 0.3 is 0 Å². The van der Waals surface area contributed by atoms with E-state index >= 15 is 0 Å². The number of nitrogens with one attached hydrogen (secondary N) is 2. The van der Waals surface area contributed by atoms with Crippen LogP contribution in [0, 0.1) is 0 Å². The maximum atomic E-state index is 5.68. The summed E-state index contributed by atoms with van der Waals surface area (Å²) in [5.41, 5.74) is 3.52. The fraction of sp³-hybridized carbons (Fsp3) is 0.400. The Labute approximate surface area is 150 Å².